The summed E-state index contributed by atoms with van der Waals surface area (Å²) in [5, 5.41) is 13.9. The van der Waals surface area contributed by atoms with Gasteiger partial charge in [-0.05, 0) is 80.0 Å². The Morgan fingerprint density at radius 1 is 1.07 bits per heavy atom. The van der Waals surface area contributed by atoms with E-state index < -0.39 is 11.8 Å². The monoisotopic (exact) mass is 539 g/mol. The molecular weight excluding hydrogens is 509 g/mol. The molecule has 7 nitrogen and oxygen atoms in total. The summed E-state index contributed by atoms with van der Waals surface area (Å²) >= 11 is 0. The van der Waals surface area contributed by atoms with Crippen LogP contribution in [-0.2, 0) is 16.1 Å². The highest BCUT2D eigenvalue weighted by Crippen LogP contribution is 2.47. The highest BCUT2D eigenvalue weighted by Gasteiger charge is 2.46. The first kappa shape index (κ1) is 25.9. The van der Waals surface area contributed by atoms with E-state index in [0.29, 0.717) is 54.0 Å². The highest BCUT2D eigenvalue weighted by molar-refractivity contribution is 6.04. The van der Waals surface area contributed by atoms with E-state index in [2.05, 4.69) is 29.4 Å². The lowest BCUT2D eigenvalue weighted by Gasteiger charge is -2.21. The summed E-state index contributed by atoms with van der Waals surface area (Å²) in [5.41, 5.74) is 3.56. The van der Waals surface area contributed by atoms with Crippen LogP contribution in [0.1, 0.15) is 67.8 Å². The first-order chi connectivity index (χ1) is 19.4. The largest absolute Gasteiger partial charge is 0.481 e. The van der Waals surface area contributed by atoms with Crippen LogP contribution >= 0.6 is 0 Å². The summed E-state index contributed by atoms with van der Waals surface area (Å²) in [6.07, 6.45) is 5.09. The molecule has 1 aliphatic carbocycles. The molecule has 1 saturated carbocycles. The lowest BCUT2D eigenvalue weighted by atomic mass is 9.90. The first-order valence-corrected chi connectivity index (χ1v) is 13.7. The Morgan fingerprint density at radius 2 is 1.88 bits per heavy atom. The molecule has 1 spiro atoms. The number of hydrogen-bond acceptors (Lipinski definition) is 5. The summed E-state index contributed by atoms with van der Waals surface area (Å²) in [4.78, 5) is 35.6. The van der Waals surface area contributed by atoms with E-state index in [0.717, 1.165) is 30.5 Å². The number of aromatic nitrogens is 2. The standard InChI is InChI=1S/C32H30FN3O4/c33-24-11-13-25(14-12-24)36-29(8-4-5-9-30(37)38)34-27-18-22(10-15-26(27)31(36)39)28-20-32(40-35-28)17-16-23(19-32)21-6-2-1-3-7-21/h1-3,6-7,10-15,18,23H,4-5,8-9,16-17,19-20H2,(H,37,38)/t23-,32?/m1/s1. The number of benzene rings is 3. The van der Waals surface area contributed by atoms with Crippen LogP contribution in [0.4, 0.5) is 4.39 Å². The van der Waals surface area contributed by atoms with Gasteiger partial charge in [0.05, 0.1) is 22.3 Å². The van der Waals surface area contributed by atoms with Crippen LogP contribution in [0.2, 0.25) is 0 Å². The number of carbonyl (C=O) groups is 1. The van der Waals surface area contributed by atoms with Gasteiger partial charge in [0.1, 0.15) is 17.2 Å². The van der Waals surface area contributed by atoms with Crippen molar-refractivity contribution in [2.45, 2.75) is 62.9 Å². The van der Waals surface area contributed by atoms with Crippen molar-refractivity contribution in [2.75, 3.05) is 0 Å². The van der Waals surface area contributed by atoms with Crippen molar-refractivity contribution < 1.29 is 19.1 Å². The van der Waals surface area contributed by atoms with Gasteiger partial charge in [-0.15, -0.1) is 0 Å². The van der Waals surface area contributed by atoms with Gasteiger partial charge in [-0.3, -0.25) is 14.2 Å². The summed E-state index contributed by atoms with van der Waals surface area (Å²) in [6.45, 7) is 0. The van der Waals surface area contributed by atoms with Crippen LogP contribution in [-0.4, -0.2) is 31.9 Å². The van der Waals surface area contributed by atoms with E-state index >= 15 is 0 Å². The van der Waals surface area contributed by atoms with E-state index in [9.17, 15) is 14.0 Å². The molecule has 2 atom stereocenters. The highest BCUT2D eigenvalue weighted by atomic mass is 19.1. The molecule has 0 saturated heterocycles. The number of halogens is 1. The van der Waals surface area contributed by atoms with Crippen molar-refractivity contribution in [1.29, 1.82) is 0 Å². The molecule has 8 heteroatoms. The molecule has 40 heavy (non-hydrogen) atoms. The maximum Gasteiger partial charge on any atom is 0.303 e. The molecule has 1 unspecified atom stereocenters. The molecular formula is C32H30FN3O4. The minimum absolute atomic E-state index is 0.0468. The normalized spacial score (nSPS) is 20.1. The Hall–Kier alpha value is -4.33. The van der Waals surface area contributed by atoms with E-state index in [1.54, 1.807) is 18.2 Å². The van der Waals surface area contributed by atoms with Crippen molar-refractivity contribution in [2.24, 2.45) is 5.16 Å². The van der Waals surface area contributed by atoms with E-state index in [-0.39, 0.29) is 17.6 Å². The Bertz CT molecular complexity index is 1650. The number of hydrogen-bond donors (Lipinski definition) is 1. The summed E-state index contributed by atoms with van der Waals surface area (Å²) < 4.78 is 15.1. The zero-order valence-electron chi connectivity index (χ0n) is 22.1. The van der Waals surface area contributed by atoms with Crippen LogP contribution < -0.4 is 5.56 Å². The molecule has 0 bridgehead atoms. The third-order valence-corrected chi connectivity index (χ3v) is 8.07. The SMILES string of the molecule is O=C(O)CCCCc1nc2cc(C3=NOC4(CC[C@@H](c5ccccc5)C4)C3)ccc2c(=O)n1-c1ccc(F)cc1. The van der Waals surface area contributed by atoms with Crippen molar-refractivity contribution in [3.8, 4) is 5.69 Å². The first-order valence-electron chi connectivity index (χ1n) is 13.7. The molecule has 0 radical (unpaired) electrons. The molecule has 4 aromatic rings. The molecule has 1 aromatic heterocycles. The van der Waals surface area contributed by atoms with Gasteiger partial charge in [-0.2, -0.15) is 0 Å². The Kier molecular flexibility index (Phi) is 6.92. The fraction of sp³-hybridized carbons (Fsp3) is 0.312. The van der Waals surface area contributed by atoms with Crippen molar-refractivity contribution >= 4 is 22.6 Å². The maximum atomic E-state index is 13.7. The van der Waals surface area contributed by atoms with Gasteiger partial charge in [-0.25, -0.2) is 9.37 Å². The number of carboxylic acid groups (broad SMARTS) is 1. The Labute approximate surface area is 230 Å². The average Bonchev–Trinajstić information content (AvgIpc) is 3.58. The predicted octanol–water partition coefficient (Wildman–Crippen LogP) is 6.15. The number of unbranched alkanes of at least 4 members (excludes halogenated alkanes) is 1. The van der Waals surface area contributed by atoms with Gasteiger partial charge in [0.2, 0.25) is 0 Å². The third-order valence-electron chi connectivity index (χ3n) is 8.07. The van der Waals surface area contributed by atoms with Gasteiger partial charge in [-0.1, -0.05) is 41.6 Å². The number of rotatable bonds is 8. The van der Waals surface area contributed by atoms with Crippen molar-refractivity contribution in [3.05, 3.63) is 106 Å². The van der Waals surface area contributed by atoms with Gasteiger partial charge in [0.25, 0.3) is 5.56 Å². The fourth-order valence-corrected chi connectivity index (χ4v) is 6.01. The van der Waals surface area contributed by atoms with Crippen LogP contribution in [0, 0.1) is 5.82 Å². The molecule has 6 rings (SSSR count). The number of oxime groups is 1. The number of carboxylic acids is 1. The zero-order valence-corrected chi connectivity index (χ0v) is 22.1. The molecule has 2 aliphatic rings. The summed E-state index contributed by atoms with van der Waals surface area (Å²) in [6, 6.07) is 21.8. The number of fused-ring (bicyclic) bond motifs is 1. The van der Waals surface area contributed by atoms with Gasteiger partial charge in [0, 0.05) is 24.8 Å². The molecule has 1 N–H and O–H groups in total. The molecule has 0 amide bonds. The lowest BCUT2D eigenvalue weighted by molar-refractivity contribution is -0.137. The number of nitrogens with zero attached hydrogens (tertiary/aromatic N) is 3. The van der Waals surface area contributed by atoms with Gasteiger partial charge >= 0.3 is 5.97 Å². The van der Waals surface area contributed by atoms with E-state index in [4.69, 9.17) is 14.9 Å². The van der Waals surface area contributed by atoms with Crippen LogP contribution in [0.5, 0.6) is 0 Å². The second kappa shape index (κ2) is 10.7. The van der Waals surface area contributed by atoms with E-state index in [1.807, 2.05) is 18.2 Å². The molecule has 1 fully saturated rings. The summed E-state index contributed by atoms with van der Waals surface area (Å²) in [7, 11) is 0. The minimum atomic E-state index is -0.860. The van der Waals surface area contributed by atoms with E-state index in [1.165, 1.54) is 22.3 Å². The summed E-state index contributed by atoms with van der Waals surface area (Å²) in [5.74, 6) is -0.300. The maximum absolute atomic E-state index is 13.7. The Balaban J connectivity index is 1.29. The predicted molar refractivity (Wildman–Crippen MR) is 150 cm³/mol. The Morgan fingerprint density at radius 3 is 2.65 bits per heavy atom. The second-order valence-corrected chi connectivity index (χ2v) is 10.8. The second-order valence-electron chi connectivity index (χ2n) is 10.8. The van der Waals surface area contributed by atoms with Crippen molar-refractivity contribution in [3.63, 3.8) is 0 Å². The third kappa shape index (κ3) is 5.13. The molecule has 3 aromatic carbocycles. The van der Waals surface area contributed by atoms with Crippen molar-refractivity contribution in [1.82, 2.24) is 9.55 Å². The molecule has 1 aliphatic heterocycles. The quantitative estimate of drug-likeness (QED) is 0.271. The lowest BCUT2D eigenvalue weighted by Crippen LogP contribution is -2.25. The fourth-order valence-electron chi connectivity index (χ4n) is 6.01. The number of aliphatic carboxylic acids is 1. The average molecular weight is 540 g/mol. The minimum Gasteiger partial charge on any atom is -0.481 e. The van der Waals surface area contributed by atoms with Crippen LogP contribution in [0.3, 0.4) is 0 Å². The molecule has 2 heterocycles. The molecule has 204 valence electrons. The van der Waals surface area contributed by atoms with Crippen LogP contribution in [0.15, 0.2) is 82.7 Å². The van der Waals surface area contributed by atoms with Crippen LogP contribution in [0.25, 0.3) is 16.6 Å². The van der Waals surface area contributed by atoms with Gasteiger partial charge < -0.3 is 9.94 Å². The topological polar surface area (TPSA) is 93.8 Å². The smallest absolute Gasteiger partial charge is 0.303 e. The zero-order chi connectivity index (χ0) is 27.7. The number of aryl methyl sites for hydroxylation is 1. The van der Waals surface area contributed by atoms with Gasteiger partial charge in [0.15, 0.2) is 0 Å².